The number of morpholine rings is 1. The van der Waals surface area contributed by atoms with Gasteiger partial charge in [0.2, 0.25) is 0 Å². The van der Waals surface area contributed by atoms with E-state index in [0.717, 1.165) is 52.5 Å². The zero-order chi connectivity index (χ0) is 15.0. The van der Waals surface area contributed by atoms with Crippen LogP contribution < -0.4 is 0 Å². The first kappa shape index (κ1) is 15.1. The van der Waals surface area contributed by atoms with Gasteiger partial charge in [-0.05, 0) is 20.8 Å². The highest BCUT2D eigenvalue weighted by Gasteiger charge is 2.40. The van der Waals surface area contributed by atoms with Crippen LogP contribution in [0.2, 0.25) is 0 Å². The molecule has 0 saturated carbocycles. The molecule has 0 spiro atoms. The maximum absolute atomic E-state index is 12.0. The monoisotopic (exact) mass is 297 g/mol. The Morgan fingerprint density at radius 2 is 1.76 bits per heavy atom. The molecule has 3 aliphatic heterocycles. The summed E-state index contributed by atoms with van der Waals surface area (Å²) in [7, 11) is 0. The number of carbonyl (C=O) groups is 1. The first-order chi connectivity index (χ1) is 9.92. The SMILES string of the molecule is CC(C)(C)OC(=O)N1CC(N2CCN3CCOC[C@@H]3C2)C1. The van der Waals surface area contributed by atoms with Gasteiger partial charge in [-0.25, -0.2) is 4.79 Å². The van der Waals surface area contributed by atoms with E-state index >= 15 is 0 Å². The molecule has 0 aromatic heterocycles. The van der Waals surface area contributed by atoms with Gasteiger partial charge in [0.25, 0.3) is 0 Å². The van der Waals surface area contributed by atoms with Gasteiger partial charge < -0.3 is 14.4 Å². The summed E-state index contributed by atoms with van der Waals surface area (Å²) in [6, 6.07) is 1.02. The highest BCUT2D eigenvalue weighted by Crippen LogP contribution is 2.22. The number of nitrogens with zero attached hydrogens (tertiary/aromatic N) is 3. The fourth-order valence-corrected chi connectivity index (χ4v) is 3.26. The second-order valence-corrected chi connectivity index (χ2v) is 7.30. The maximum atomic E-state index is 12.0. The van der Waals surface area contributed by atoms with E-state index in [1.165, 1.54) is 0 Å². The summed E-state index contributed by atoms with van der Waals surface area (Å²) in [6.45, 7) is 13.4. The molecule has 3 heterocycles. The predicted octanol–water partition coefficient (Wildman–Crippen LogP) is 0.622. The number of hydrogen-bond donors (Lipinski definition) is 0. The molecule has 0 bridgehead atoms. The molecule has 0 unspecified atom stereocenters. The maximum Gasteiger partial charge on any atom is 0.410 e. The Labute approximate surface area is 126 Å². The van der Waals surface area contributed by atoms with Crippen molar-refractivity contribution in [2.45, 2.75) is 38.5 Å². The number of hydrogen-bond acceptors (Lipinski definition) is 5. The van der Waals surface area contributed by atoms with Crippen LogP contribution in [0.4, 0.5) is 4.79 Å². The third kappa shape index (κ3) is 3.49. The molecule has 3 saturated heterocycles. The van der Waals surface area contributed by atoms with Crippen LogP contribution in [-0.2, 0) is 9.47 Å². The lowest BCUT2D eigenvalue weighted by Gasteiger charge is -2.51. The standard InChI is InChI=1S/C15H27N3O3/c1-15(2,3)21-14(19)18-8-12(9-18)17-5-4-16-6-7-20-11-13(16)10-17/h12-13H,4-11H2,1-3H3/t13-/m0/s1. The summed E-state index contributed by atoms with van der Waals surface area (Å²) in [5, 5.41) is 0. The number of rotatable bonds is 1. The van der Waals surface area contributed by atoms with Crippen LogP contribution in [0.5, 0.6) is 0 Å². The van der Waals surface area contributed by atoms with Crippen LogP contribution in [0.25, 0.3) is 0 Å². The lowest BCUT2D eigenvalue weighted by Crippen LogP contribution is -2.67. The Hall–Kier alpha value is -0.850. The minimum Gasteiger partial charge on any atom is -0.444 e. The normalized spacial score (nSPS) is 28.9. The molecule has 6 heteroatoms. The Bertz CT molecular complexity index is 390. The van der Waals surface area contributed by atoms with Gasteiger partial charge in [0.05, 0.1) is 13.2 Å². The Morgan fingerprint density at radius 1 is 1.05 bits per heavy atom. The topological polar surface area (TPSA) is 45.2 Å². The summed E-state index contributed by atoms with van der Waals surface area (Å²) in [5.74, 6) is 0. The molecule has 0 aromatic rings. The Morgan fingerprint density at radius 3 is 2.48 bits per heavy atom. The van der Waals surface area contributed by atoms with Crippen molar-refractivity contribution in [1.29, 1.82) is 0 Å². The smallest absolute Gasteiger partial charge is 0.410 e. The minimum atomic E-state index is -0.409. The molecule has 21 heavy (non-hydrogen) atoms. The second-order valence-electron chi connectivity index (χ2n) is 7.30. The third-order valence-corrected chi connectivity index (χ3v) is 4.50. The van der Waals surface area contributed by atoms with Crippen molar-refractivity contribution in [3.63, 3.8) is 0 Å². The molecular weight excluding hydrogens is 270 g/mol. The lowest BCUT2D eigenvalue weighted by atomic mass is 10.0. The van der Waals surface area contributed by atoms with E-state index in [-0.39, 0.29) is 6.09 Å². The van der Waals surface area contributed by atoms with Gasteiger partial charge in [-0.3, -0.25) is 9.80 Å². The van der Waals surface area contributed by atoms with E-state index in [0.29, 0.717) is 12.1 Å². The van der Waals surface area contributed by atoms with E-state index in [1.54, 1.807) is 4.90 Å². The summed E-state index contributed by atoms with van der Waals surface area (Å²) in [5.41, 5.74) is -0.409. The average molecular weight is 297 g/mol. The predicted molar refractivity (Wildman–Crippen MR) is 79.3 cm³/mol. The minimum absolute atomic E-state index is 0.182. The van der Waals surface area contributed by atoms with Gasteiger partial charge >= 0.3 is 6.09 Å². The highest BCUT2D eigenvalue weighted by atomic mass is 16.6. The van der Waals surface area contributed by atoms with Gasteiger partial charge in [-0.2, -0.15) is 0 Å². The van der Waals surface area contributed by atoms with Crippen LogP contribution in [-0.4, -0.2) is 91.0 Å². The van der Waals surface area contributed by atoms with Crippen molar-refractivity contribution < 1.29 is 14.3 Å². The van der Waals surface area contributed by atoms with Gasteiger partial charge in [0, 0.05) is 51.4 Å². The van der Waals surface area contributed by atoms with Crippen molar-refractivity contribution in [3.8, 4) is 0 Å². The summed E-state index contributed by atoms with van der Waals surface area (Å²) < 4.78 is 11.0. The number of amides is 1. The quantitative estimate of drug-likeness (QED) is 0.710. The van der Waals surface area contributed by atoms with Crippen molar-refractivity contribution >= 4 is 6.09 Å². The van der Waals surface area contributed by atoms with Crippen LogP contribution in [0.15, 0.2) is 0 Å². The zero-order valence-electron chi connectivity index (χ0n) is 13.4. The molecule has 3 fully saturated rings. The molecular formula is C15H27N3O3. The number of likely N-dealkylation sites (tertiary alicyclic amines) is 1. The number of fused-ring (bicyclic) bond motifs is 1. The third-order valence-electron chi connectivity index (χ3n) is 4.50. The summed E-state index contributed by atoms with van der Waals surface area (Å²) in [4.78, 5) is 18.8. The highest BCUT2D eigenvalue weighted by molar-refractivity contribution is 5.69. The zero-order valence-corrected chi connectivity index (χ0v) is 13.4. The Kier molecular flexibility index (Phi) is 4.12. The van der Waals surface area contributed by atoms with Gasteiger partial charge in [-0.1, -0.05) is 0 Å². The largest absolute Gasteiger partial charge is 0.444 e. The van der Waals surface area contributed by atoms with Crippen LogP contribution in [0.1, 0.15) is 20.8 Å². The van der Waals surface area contributed by atoms with Crippen molar-refractivity contribution in [1.82, 2.24) is 14.7 Å². The van der Waals surface area contributed by atoms with Crippen LogP contribution in [0.3, 0.4) is 0 Å². The number of piperazine rings is 1. The van der Waals surface area contributed by atoms with Gasteiger partial charge in [0.15, 0.2) is 0 Å². The molecule has 0 aliphatic carbocycles. The molecule has 120 valence electrons. The summed E-state index contributed by atoms with van der Waals surface area (Å²) in [6.07, 6.45) is -0.182. The van der Waals surface area contributed by atoms with E-state index in [1.807, 2.05) is 20.8 Å². The second kappa shape index (κ2) is 5.74. The summed E-state index contributed by atoms with van der Waals surface area (Å²) >= 11 is 0. The van der Waals surface area contributed by atoms with Gasteiger partial charge in [-0.15, -0.1) is 0 Å². The lowest BCUT2D eigenvalue weighted by molar-refractivity contribution is -0.0735. The van der Waals surface area contributed by atoms with Gasteiger partial charge in [0.1, 0.15) is 5.60 Å². The number of ether oxygens (including phenoxy) is 2. The molecule has 0 aromatic carbocycles. The van der Waals surface area contributed by atoms with Crippen molar-refractivity contribution in [2.24, 2.45) is 0 Å². The van der Waals surface area contributed by atoms with E-state index in [4.69, 9.17) is 9.47 Å². The first-order valence-corrected chi connectivity index (χ1v) is 7.96. The molecule has 3 rings (SSSR count). The van der Waals surface area contributed by atoms with E-state index < -0.39 is 5.60 Å². The van der Waals surface area contributed by atoms with Crippen LogP contribution in [0, 0.1) is 0 Å². The Balaban J connectivity index is 1.45. The van der Waals surface area contributed by atoms with Crippen molar-refractivity contribution in [2.75, 3.05) is 52.5 Å². The first-order valence-electron chi connectivity index (χ1n) is 7.96. The molecule has 0 N–H and O–H groups in total. The molecule has 6 nitrogen and oxygen atoms in total. The molecule has 1 atom stereocenters. The van der Waals surface area contributed by atoms with E-state index in [9.17, 15) is 4.79 Å². The van der Waals surface area contributed by atoms with E-state index in [2.05, 4.69) is 9.80 Å². The number of carbonyl (C=O) groups excluding carboxylic acids is 1. The average Bonchev–Trinajstić information content (AvgIpc) is 2.34. The fourth-order valence-electron chi connectivity index (χ4n) is 3.26. The van der Waals surface area contributed by atoms with Crippen LogP contribution >= 0.6 is 0 Å². The fraction of sp³-hybridized carbons (Fsp3) is 0.933. The molecule has 1 amide bonds. The van der Waals surface area contributed by atoms with Crippen molar-refractivity contribution in [3.05, 3.63) is 0 Å². The molecule has 3 aliphatic rings. The molecule has 0 radical (unpaired) electrons.